The van der Waals surface area contributed by atoms with E-state index in [2.05, 4.69) is 10.3 Å². The SMILES string of the molecule is CC[C@H](CCC[C@H](N)CF)C(=O)N1CC[C@@H](C2CCCCC2)[C@H]1C(=O)Nc1ccc2[nH]ccc2c1. The van der Waals surface area contributed by atoms with E-state index in [0.29, 0.717) is 31.7 Å². The van der Waals surface area contributed by atoms with E-state index in [0.717, 1.165) is 42.3 Å². The molecule has 6 nitrogen and oxygen atoms in total. The van der Waals surface area contributed by atoms with E-state index >= 15 is 0 Å². The van der Waals surface area contributed by atoms with Crippen LogP contribution in [0.4, 0.5) is 10.1 Å². The molecule has 2 aromatic rings. The summed E-state index contributed by atoms with van der Waals surface area (Å²) in [5.74, 6) is 0.537. The average molecular weight is 485 g/mol. The summed E-state index contributed by atoms with van der Waals surface area (Å²) in [6, 6.07) is 6.95. The number of carbonyl (C=O) groups excluding carboxylic acids is 2. The van der Waals surface area contributed by atoms with E-state index in [9.17, 15) is 14.0 Å². The number of benzene rings is 1. The highest BCUT2D eigenvalue weighted by Gasteiger charge is 2.46. The maximum atomic E-state index is 13.7. The molecular weight excluding hydrogens is 443 g/mol. The van der Waals surface area contributed by atoms with Crippen molar-refractivity contribution < 1.29 is 14.0 Å². The van der Waals surface area contributed by atoms with Gasteiger partial charge in [-0.05, 0) is 61.8 Å². The molecule has 1 saturated carbocycles. The zero-order chi connectivity index (χ0) is 24.8. The third kappa shape index (κ3) is 6.05. The molecule has 1 aliphatic heterocycles. The normalized spacial score (nSPS) is 22.9. The van der Waals surface area contributed by atoms with Crippen molar-refractivity contribution in [1.82, 2.24) is 9.88 Å². The summed E-state index contributed by atoms with van der Waals surface area (Å²) in [5, 5.41) is 4.18. The van der Waals surface area contributed by atoms with Crippen LogP contribution in [0.25, 0.3) is 10.9 Å². The lowest BCUT2D eigenvalue weighted by Gasteiger charge is -2.34. The van der Waals surface area contributed by atoms with Gasteiger partial charge in [0.2, 0.25) is 11.8 Å². The zero-order valence-electron chi connectivity index (χ0n) is 21.0. The largest absolute Gasteiger partial charge is 0.361 e. The third-order valence-corrected chi connectivity index (χ3v) is 8.24. The highest BCUT2D eigenvalue weighted by Crippen LogP contribution is 2.40. The molecule has 0 bridgehead atoms. The Morgan fingerprint density at radius 3 is 2.71 bits per heavy atom. The number of carbonyl (C=O) groups is 2. The Hall–Kier alpha value is -2.41. The van der Waals surface area contributed by atoms with Gasteiger partial charge in [-0.1, -0.05) is 45.4 Å². The summed E-state index contributed by atoms with van der Waals surface area (Å²) in [6.45, 7) is 2.12. The fourth-order valence-corrected chi connectivity index (χ4v) is 6.24. The number of aromatic nitrogens is 1. The summed E-state index contributed by atoms with van der Waals surface area (Å²) in [5.41, 5.74) is 7.52. The van der Waals surface area contributed by atoms with Gasteiger partial charge in [0.25, 0.3) is 0 Å². The second-order valence-electron chi connectivity index (χ2n) is 10.5. The van der Waals surface area contributed by atoms with Gasteiger partial charge in [-0.15, -0.1) is 0 Å². The van der Waals surface area contributed by atoms with Crippen molar-refractivity contribution in [2.75, 3.05) is 18.5 Å². The molecule has 1 aromatic heterocycles. The number of alkyl halides is 1. The molecule has 1 aliphatic carbocycles. The molecule has 2 heterocycles. The lowest BCUT2D eigenvalue weighted by Crippen LogP contribution is -2.49. The van der Waals surface area contributed by atoms with Crippen LogP contribution in [0.5, 0.6) is 0 Å². The highest BCUT2D eigenvalue weighted by atomic mass is 19.1. The average Bonchev–Trinajstić information content (AvgIpc) is 3.53. The maximum Gasteiger partial charge on any atom is 0.247 e. The summed E-state index contributed by atoms with van der Waals surface area (Å²) in [4.78, 5) is 32.5. The van der Waals surface area contributed by atoms with E-state index in [-0.39, 0.29) is 23.7 Å². The molecule has 192 valence electrons. The molecule has 4 N–H and O–H groups in total. The van der Waals surface area contributed by atoms with Crippen LogP contribution in [0.15, 0.2) is 30.5 Å². The van der Waals surface area contributed by atoms with E-state index < -0.39 is 18.8 Å². The van der Waals surface area contributed by atoms with Gasteiger partial charge in [0.15, 0.2) is 0 Å². The van der Waals surface area contributed by atoms with Crippen molar-refractivity contribution in [3.63, 3.8) is 0 Å². The number of anilines is 1. The van der Waals surface area contributed by atoms with Gasteiger partial charge in [0, 0.05) is 41.3 Å². The second kappa shape index (κ2) is 12.0. The molecule has 2 amide bonds. The molecule has 2 fully saturated rings. The number of aromatic amines is 1. The number of halogens is 1. The Labute approximate surface area is 208 Å². The van der Waals surface area contributed by atoms with Gasteiger partial charge in [-0.3, -0.25) is 9.59 Å². The van der Waals surface area contributed by atoms with E-state index in [1.54, 1.807) is 0 Å². The van der Waals surface area contributed by atoms with Crippen LogP contribution in [0, 0.1) is 17.8 Å². The molecular formula is C28H41FN4O2. The van der Waals surface area contributed by atoms with Crippen LogP contribution in [-0.2, 0) is 9.59 Å². The highest BCUT2D eigenvalue weighted by molar-refractivity contribution is 5.99. The second-order valence-corrected chi connectivity index (χ2v) is 10.5. The minimum absolute atomic E-state index is 0.0702. The Kier molecular flexibility index (Phi) is 8.82. The number of rotatable bonds is 10. The van der Waals surface area contributed by atoms with E-state index in [1.807, 2.05) is 42.3 Å². The van der Waals surface area contributed by atoms with Crippen molar-refractivity contribution in [2.45, 2.75) is 83.2 Å². The van der Waals surface area contributed by atoms with Crippen LogP contribution < -0.4 is 11.1 Å². The first-order chi connectivity index (χ1) is 17.0. The van der Waals surface area contributed by atoms with Crippen molar-refractivity contribution in [1.29, 1.82) is 0 Å². The Bertz CT molecular complexity index is 986. The fraction of sp³-hybridized carbons (Fsp3) is 0.643. The summed E-state index contributed by atoms with van der Waals surface area (Å²) in [7, 11) is 0. The molecule has 35 heavy (non-hydrogen) atoms. The first kappa shape index (κ1) is 25.7. The lowest BCUT2D eigenvalue weighted by molar-refractivity contribution is -0.141. The molecule has 1 saturated heterocycles. The maximum absolute atomic E-state index is 13.7. The van der Waals surface area contributed by atoms with Gasteiger partial charge in [-0.2, -0.15) is 0 Å². The van der Waals surface area contributed by atoms with E-state index in [1.165, 1.54) is 19.3 Å². The first-order valence-electron chi connectivity index (χ1n) is 13.5. The molecule has 2 aliphatic rings. The summed E-state index contributed by atoms with van der Waals surface area (Å²) >= 11 is 0. The Morgan fingerprint density at radius 2 is 1.97 bits per heavy atom. The monoisotopic (exact) mass is 484 g/mol. The Balaban J connectivity index is 1.51. The predicted molar refractivity (Wildman–Crippen MR) is 139 cm³/mol. The predicted octanol–water partition coefficient (Wildman–Crippen LogP) is 5.40. The number of nitrogens with two attached hydrogens (primary N) is 1. The van der Waals surface area contributed by atoms with Crippen LogP contribution in [-0.4, -0.2) is 47.0 Å². The van der Waals surface area contributed by atoms with Crippen LogP contribution >= 0.6 is 0 Å². The fourth-order valence-electron chi connectivity index (χ4n) is 6.24. The molecule has 0 spiro atoms. The van der Waals surface area contributed by atoms with Crippen LogP contribution in [0.3, 0.4) is 0 Å². The summed E-state index contributed by atoms with van der Waals surface area (Å²) < 4.78 is 12.8. The van der Waals surface area contributed by atoms with Crippen molar-refractivity contribution >= 4 is 28.4 Å². The van der Waals surface area contributed by atoms with Crippen LogP contribution in [0.1, 0.15) is 71.1 Å². The quantitative estimate of drug-likeness (QED) is 0.422. The van der Waals surface area contributed by atoms with Crippen LogP contribution in [0.2, 0.25) is 0 Å². The van der Waals surface area contributed by atoms with Gasteiger partial charge in [0.1, 0.15) is 12.7 Å². The van der Waals surface area contributed by atoms with Crippen molar-refractivity contribution in [3.8, 4) is 0 Å². The standard InChI is InChI=1S/C28H41FN4O2/c1-2-19(9-6-10-22(30)18-29)28(35)33-16-14-24(20-7-4-3-5-8-20)26(33)27(34)32-23-11-12-25-21(17-23)13-15-31-25/h11-13,15,17,19-20,22,24,26,31H,2-10,14,16,18,30H2,1H3,(H,32,34)/t19-,22+,24+,26+/m1/s1. The van der Waals surface area contributed by atoms with Gasteiger partial charge < -0.3 is 20.9 Å². The van der Waals surface area contributed by atoms with Gasteiger partial charge >= 0.3 is 0 Å². The van der Waals surface area contributed by atoms with Gasteiger partial charge in [0.05, 0.1) is 0 Å². The number of H-pyrrole nitrogens is 1. The molecule has 4 atom stereocenters. The Morgan fingerprint density at radius 1 is 1.17 bits per heavy atom. The minimum atomic E-state index is -0.531. The van der Waals surface area contributed by atoms with E-state index in [4.69, 9.17) is 5.73 Å². The number of fused-ring (bicyclic) bond motifs is 1. The number of nitrogens with zero attached hydrogens (tertiary/aromatic N) is 1. The van der Waals surface area contributed by atoms with Crippen molar-refractivity contribution in [2.24, 2.45) is 23.5 Å². The molecule has 0 radical (unpaired) electrons. The summed E-state index contributed by atoms with van der Waals surface area (Å²) in [6.07, 6.45) is 11.4. The third-order valence-electron chi connectivity index (χ3n) is 8.24. The molecule has 4 rings (SSSR count). The molecule has 7 heteroatoms. The zero-order valence-corrected chi connectivity index (χ0v) is 21.0. The number of hydrogen-bond donors (Lipinski definition) is 3. The number of nitrogens with one attached hydrogen (secondary N) is 2. The smallest absolute Gasteiger partial charge is 0.247 e. The van der Waals surface area contributed by atoms with Gasteiger partial charge in [-0.25, -0.2) is 4.39 Å². The minimum Gasteiger partial charge on any atom is -0.361 e. The molecule has 1 aromatic carbocycles. The van der Waals surface area contributed by atoms with Crippen molar-refractivity contribution in [3.05, 3.63) is 30.5 Å². The topological polar surface area (TPSA) is 91.2 Å². The first-order valence-corrected chi connectivity index (χ1v) is 13.5. The number of amides is 2. The lowest BCUT2D eigenvalue weighted by atomic mass is 9.76. The molecule has 0 unspecified atom stereocenters. The number of hydrogen-bond acceptors (Lipinski definition) is 3. The number of likely N-dealkylation sites (tertiary alicyclic amines) is 1.